The molecule has 0 bridgehead atoms. The molecule has 0 spiro atoms. The molecule has 12 rings (SSSR count). The summed E-state index contributed by atoms with van der Waals surface area (Å²) in [5, 5.41) is 3.20. The summed E-state index contributed by atoms with van der Waals surface area (Å²) < 4.78 is 4.30. The molecular formula is C60H33B7N2. The zero-order valence-electron chi connectivity index (χ0n) is 37.5. The van der Waals surface area contributed by atoms with Crippen LogP contribution in [0.25, 0.3) is 111 Å². The van der Waals surface area contributed by atoms with Crippen LogP contribution in [0.2, 0.25) is 0 Å². The third kappa shape index (κ3) is 6.81. The monoisotopic (exact) mass is 858 g/mol. The first kappa shape index (κ1) is 42.6. The molecule has 0 amide bonds. The number of rotatable bonds is 7. The van der Waals surface area contributed by atoms with E-state index in [1.54, 1.807) is 0 Å². The summed E-state index contributed by atoms with van der Waals surface area (Å²) in [6.45, 7) is 0. The van der Waals surface area contributed by atoms with Gasteiger partial charge in [-0.3, -0.25) is 0 Å². The van der Waals surface area contributed by atoms with Crippen molar-refractivity contribution < 1.29 is 0 Å². The van der Waals surface area contributed by atoms with Gasteiger partial charge in [-0.25, -0.2) is 0 Å². The Bertz CT molecular complexity index is 3990. The predicted molar refractivity (Wildman–Crippen MR) is 300 cm³/mol. The Morgan fingerprint density at radius 1 is 0.261 bits per heavy atom. The second kappa shape index (κ2) is 16.8. The first-order chi connectivity index (χ1) is 33.7. The third-order valence-corrected chi connectivity index (χ3v) is 13.7. The van der Waals surface area contributed by atoms with Gasteiger partial charge in [-0.15, -0.1) is 10.9 Å². The summed E-state index contributed by atoms with van der Waals surface area (Å²) in [4.78, 5) is 0. The van der Waals surface area contributed by atoms with E-state index in [0.717, 1.165) is 83.3 Å². The van der Waals surface area contributed by atoms with Crippen molar-refractivity contribution in [2.45, 2.75) is 0 Å². The number of fused-ring (bicyclic) bond motifs is 6. The SMILES string of the molecule is [B]c1c([B])c([B])c2c(c1[B])c1c([B])c(-c3ccc4c(c3)c3cccc(-c5cccc(-c6ccccc6)c5)c3n4-c3ccc(-c4ccccc4)cc3)c([B])c([B])c1n2-c1ccc(-c2ccccc2)cc1. The minimum atomic E-state index is 0.172. The van der Waals surface area contributed by atoms with Crippen LogP contribution in [-0.4, -0.2) is 64.1 Å². The van der Waals surface area contributed by atoms with Gasteiger partial charge in [-0.05, 0) is 97.9 Å². The van der Waals surface area contributed by atoms with Crippen LogP contribution >= 0.6 is 0 Å². The van der Waals surface area contributed by atoms with Gasteiger partial charge in [0.15, 0.2) is 0 Å². The van der Waals surface area contributed by atoms with Crippen molar-refractivity contribution in [3.05, 3.63) is 200 Å². The highest BCUT2D eigenvalue weighted by atomic mass is 15.0. The van der Waals surface area contributed by atoms with Crippen molar-refractivity contribution in [3.63, 3.8) is 0 Å². The molecule has 12 aromatic rings. The van der Waals surface area contributed by atoms with E-state index in [1.807, 2.05) is 47.0 Å². The molecule has 0 fully saturated rings. The largest absolute Gasteiger partial charge is 0.311 e. The maximum atomic E-state index is 7.44. The number of hydrogen-bond acceptors (Lipinski definition) is 0. The van der Waals surface area contributed by atoms with Crippen LogP contribution in [0.5, 0.6) is 0 Å². The molecule has 0 unspecified atom stereocenters. The Balaban J connectivity index is 1.10. The Kier molecular flexibility index (Phi) is 10.4. The van der Waals surface area contributed by atoms with Crippen LogP contribution in [0.15, 0.2) is 200 Å². The second-order valence-corrected chi connectivity index (χ2v) is 17.6. The van der Waals surface area contributed by atoms with Crippen LogP contribution in [0.3, 0.4) is 0 Å². The van der Waals surface area contributed by atoms with Gasteiger partial charge in [0.25, 0.3) is 0 Å². The Labute approximate surface area is 410 Å². The summed E-state index contributed by atoms with van der Waals surface area (Å²) in [6, 6.07) is 69.5. The molecule has 0 N–H and O–H groups in total. The highest BCUT2D eigenvalue weighted by Crippen LogP contribution is 2.41. The molecule has 2 nitrogen and oxygen atoms in total. The molecule has 0 aliphatic carbocycles. The van der Waals surface area contributed by atoms with Crippen LogP contribution in [-0.2, 0) is 0 Å². The summed E-state index contributed by atoms with van der Waals surface area (Å²) in [5.74, 6) is 0. The van der Waals surface area contributed by atoms with Gasteiger partial charge in [-0.2, -0.15) is 0 Å². The minimum Gasteiger partial charge on any atom is -0.311 e. The smallest absolute Gasteiger partial charge is 0.115 e. The van der Waals surface area contributed by atoms with Crippen molar-refractivity contribution >= 4 is 137 Å². The maximum Gasteiger partial charge on any atom is 0.115 e. The summed E-state index contributed by atoms with van der Waals surface area (Å²) in [6.07, 6.45) is 0. The first-order valence-electron chi connectivity index (χ1n) is 22.8. The molecule has 2 aromatic heterocycles. The molecule has 9 heteroatoms. The molecule has 10 aromatic carbocycles. The molecule has 2 heterocycles. The normalized spacial score (nSPS) is 11.6. The number of hydrogen-bond donors (Lipinski definition) is 0. The van der Waals surface area contributed by atoms with E-state index in [2.05, 4.69) is 162 Å². The summed E-state index contributed by atoms with van der Waals surface area (Å²) in [7, 11) is 48.9. The number of benzene rings is 10. The van der Waals surface area contributed by atoms with Crippen LogP contribution in [0.4, 0.5) is 0 Å². The van der Waals surface area contributed by atoms with E-state index in [0.29, 0.717) is 43.8 Å². The lowest BCUT2D eigenvalue weighted by Crippen LogP contribution is -2.48. The van der Waals surface area contributed by atoms with Gasteiger partial charge in [0.1, 0.15) is 54.9 Å². The minimum absolute atomic E-state index is 0.172. The number of aromatic nitrogens is 2. The van der Waals surface area contributed by atoms with Gasteiger partial charge in [-0.1, -0.05) is 185 Å². The lowest BCUT2D eigenvalue weighted by Gasteiger charge is -2.19. The van der Waals surface area contributed by atoms with E-state index >= 15 is 0 Å². The molecule has 69 heavy (non-hydrogen) atoms. The van der Waals surface area contributed by atoms with E-state index in [-0.39, 0.29) is 21.9 Å². The predicted octanol–water partition coefficient (Wildman–Crippen LogP) is 7.77. The second-order valence-electron chi connectivity index (χ2n) is 17.6. The molecule has 0 saturated carbocycles. The fourth-order valence-corrected chi connectivity index (χ4v) is 10.4. The van der Waals surface area contributed by atoms with E-state index in [1.165, 1.54) is 0 Å². The molecule has 0 saturated heterocycles. The third-order valence-electron chi connectivity index (χ3n) is 13.7. The van der Waals surface area contributed by atoms with Crippen molar-refractivity contribution in [2.24, 2.45) is 0 Å². The molecule has 0 aliphatic heterocycles. The average Bonchev–Trinajstić information content (AvgIpc) is 3.94. The van der Waals surface area contributed by atoms with Gasteiger partial charge in [0.2, 0.25) is 0 Å². The standard InChI is InChI=1S/C60H33B7N2/c61-51-48(52(62)56(66)59-49(51)50-53(63)54(64)55(65)57(67)60(50)69(59)43-29-24-38(25-30-43)35-14-6-2-7-15-35)41-26-31-47-46(33-41)45-21-11-20-44(40-19-10-18-39(32-40)36-16-8-3-9-17-36)58(45)68(47)42-27-22-37(23-28-42)34-12-4-1-5-13-34/h1-33H. The fourth-order valence-electron chi connectivity index (χ4n) is 10.4. The lowest BCUT2D eigenvalue weighted by atomic mass is 9.64. The van der Waals surface area contributed by atoms with E-state index in [4.69, 9.17) is 54.9 Å². The van der Waals surface area contributed by atoms with Gasteiger partial charge >= 0.3 is 0 Å². The van der Waals surface area contributed by atoms with Crippen molar-refractivity contribution in [1.29, 1.82) is 0 Å². The maximum absolute atomic E-state index is 7.44. The highest BCUT2D eigenvalue weighted by molar-refractivity contribution is 6.69. The number of nitrogens with zero attached hydrogens (tertiary/aromatic N) is 2. The van der Waals surface area contributed by atoms with E-state index in [9.17, 15) is 0 Å². The average molecular weight is 858 g/mol. The first-order valence-corrected chi connectivity index (χ1v) is 22.8. The Morgan fingerprint density at radius 2 is 0.710 bits per heavy atom. The van der Waals surface area contributed by atoms with Crippen molar-refractivity contribution in [2.75, 3.05) is 0 Å². The summed E-state index contributed by atoms with van der Waals surface area (Å²) in [5.41, 5.74) is 17.1. The van der Waals surface area contributed by atoms with Crippen LogP contribution in [0.1, 0.15) is 0 Å². The molecule has 304 valence electrons. The quantitative estimate of drug-likeness (QED) is 0.145. The van der Waals surface area contributed by atoms with Crippen molar-refractivity contribution in [1.82, 2.24) is 9.13 Å². The topological polar surface area (TPSA) is 9.86 Å². The highest BCUT2D eigenvalue weighted by Gasteiger charge is 2.25. The zero-order valence-corrected chi connectivity index (χ0v) is 37.5. The number of para-hydroxylation sites is 1. The summed E-state index contributed by atoms with van der Waals surface area (Å²) >= 11 is 0. The molecule has 0 atom stereocenters. The van der Waals surface area contributed by atoms with Crippen molar-refractivity contribution in [3.8, 4) is 67.0 Å². The Morgan fingerprint density at radius 3 is 1.30 bits per heavy atom. The molecular weight excluding hydrogens is 824 g/mol. The molecule has 14 radical (unpaired) electrons. The van der Waals surface area contributed by atoms with Crippen LogP contribution < -0.4 is 38.2 Å². The Hall–Kier alpha value is -7.75. The van der Waals surface area contributed by atoms with Gasteiger partial charge in [0, 0.05) is 44.1 Å². The van der Waals surface area contributed by atoms with Gasteiger partial charge < -0.3 is 9.13 Å². The zero-order chi connectivity index (χ0) is 47.1. The lowest BCUT2D eigenvalue weighted by molar-refractivity contribution is 1.18. The van der Waals surface area contributed by atoms with Gasteiger partial charge in [0.05, 0.1) is 11.0 Å². The van der Waals surface area contributed by atoms with E-state index < -0.39 is 0 Å². The molecule has 0 aliphatic rings. The fraction of sp³-hybridized carbons (Fsp3) is 0. The van der Waals surface area contributed by atoms with Crippen LogP contribution in [0, 0.1) is 0 Å².